The van der Waals surface area contributed by atoms with E-state index < -0.39 is 5.97 Å². The molecule has 0 N–H and O–H groups in total. The van der Waals surface area contributed by atoms with Gasteiger partial charge in [0.25, 0.3) is 0 Å². The average Bonchev–Trinajstić information content (AvgIpc) is 2.59. The fraction of sp³-hybridized carbons (Fsp3) is 0.235. The number of thioether (sulfide) groups is 1. The normalized spacial score (nSPS) is 10.3. The topological polar surface area (TPSA) is 44.8 Å². The molecule has 23 heavy (non-hydrogen) atoms. The van der Waals surface area contributed by atoms with Gasteiger partial charge >= 0.3 is 5.97 Å². The Hall–Kier alpha value is -1.92. The third kappa shape index (κ3) is 4.53. The maximum Gasteiger partial charge on any atom is 0.341 e. The summed E-state index contributed by atoms with van der Waals surface area (Å²) in [6.45, 7) is 0.0409. The van der Waals surface area contributed by atoms with Crippen LogP contribution in [-0.2, 0) is 15.2 Å². The Morgan fingerprint density at radius 1 is 1.13 bits per heavy atom. The third-order valence-electron chi connectivity index (χ3n) is 3.16. The highest BCUT2D eigenvalue weighted by molar-refractivity contribution is 7.98. The Labute approximate surface area is 141 Å². The Morgan fingerprint density at radius 2 is 1.87 bits per heavy atom. The van der Waals surface area contributed by atoms with Gasteiger partial charge in [0, 0.05) is 17.8 Å². The number of methoxy groups -OCH3 is 2. The SMILES string of the molecule is [B]c1ccc(OCOC)c(C(=O)OC)c1CSc1ccccc1. The lowest BCUT2D eigenvalue weighted by atomic mass is 9.88. The van der Waals surface area contributed by atoms with E-state index in [9.17, 15) is 4.79 Å². The predicted molar refractivity (Wildman–Crippen MR) is 91.7 cm³/mol. The molecule has 0 aliphatic carbocycles. The van der Waals surface area contributed by atoms with Crippen LogP contribution in [0.1, 0.15) is 15.9 Å². The molecule has 2 aromatic rings. The zero-order valence-corrected chi connectivity index (χ0v) is 13.9. The molecule has 0 heterocycles. The quantitative estimate of drug-likeness (QED) is 0.338. The van der Waals surface area contributed by atoms with Crippen molar-refractivity contribution >= 4 is 31.0 Å². The average molecular weight is 328 g/mol. The number of carbonyl (C=O) groups excluding carboxylic acids is 1. The van der Waals surface area contributed by atoms with E-state index in [0.717, 1.165) is 4.90 Å². The van der Waals surface area contributed by atoms with Gasteiger partial charge < -0.3 is 14.2 Å². The molecule has 2 rings (SSSR count). The molecule has 0 unspecified atom stereocenters. The molecular weight excluding hydrogens is 311 g/mol. The van der Waals surface area contributed by atoms with Gasteiger partial charge in [-0.25, -0.2) is 4.79 Å². The second kappa shape index (κ2) is 8.65. The van der Waals surface area contributed by atoms with Crippen LogP contribution in [0.5, 0.6) is 5.75 Å². The van der Waals surface area contributed by atoms with E-state index >= 15 is 0 Å². The summed E-state index contributed by atoms with van der Waals surface area (Å²) in [6.07, 6.45) is 0. The molecule has 0 saturated heterocycles. The maximum absolute atomic E-state index is 12.2. The fourth-order valence-corrected chi connectivity index (χ4v) is 3.01. The molecule has 0 aliphatic heterocycles. The van der Waals surface area contributed by atoms with Gasteiger partial charge in [-0.2, -0.15) is 0 Å². The van der Waals surface area contributed by atoms with Crippen LogP contribution in [0.15, 0.2) is 47.4 Å². The number of ether oxygens (including phenoxy) is 3. The molecule has 0 aliphatic rings. The number of carbonyl (C=O) groups is 1. The summed E-state index contributed by atoms with van der Waals surface area (Å²) in [5.74, 6) is 0.452. The molecule has 0 bridgehead atoms. The number of esters is 1. The molecule has 118 valence electrons. The van der Waals surface area contributed by atoms with Gasteiger partial charge in [0.05, 0.1) is 7.11 Å². The van der Waals surface area contributed by atoms with E-state index in [1.54, 1.807) is 23.9 Å². The minimum absolute atomic E-state index is 0.0409. The van der Waals surface area contributed by atoms with Crippen LogP contribution in [0.3, 0.4) is 0 Å². The van der Waals surface area contributed by atoms with E-state index in [4.69, 9.17) is 22.1 Å². The molecule has 6 heteroatoms. The third-order valence-corrected chi connectivity index (χ3v) is 4.20. The Kier molecular flexibility index (Phi) is 6.56. The minimum atomic E-state index is -0.480. The van der Waals surface area contributed by atoms with Crippen LogP contribution in [0, 0.1) is 0 Å². The predicted octanol–water partition coefficient (Wildman–Crippen LogP) is 2.54. The molecule has 0 fully saturated rings. The van der Waals surface area contributed by atoms with Crippen LogP contribution in [0.2, 0.25) is 0 Å². The van der Waals surface area contributed by atoms with Crippen LogP contribution in [-0.4, -0.2) is 34.8 Å². The molecule has 4 nitrogen and oxygen atoms in total. The van der Waals surface area contributed by atoms with Gasteiger partial charge in [-0.3, -0.25) is 0 Å². The van der Waals surface area contributed by atoms with Gasteiger partial charge in [0.2, 0.25) is 0 Å². The number of benzene rings is 2. The fourth-order valence-electron chi connectivity index (χ4n) is 2.04. The Morgan fingerprint density at radius 3 is 2.52 bits per heavy atom. The molecule has 0 saturated carbocycles. The second-order valence-corrected chi connectivity index (χ2v) is 5.70. The smallest absolute Gasteiger partial charge is 0.341 e. The first kappa shape index (κ1) is 17.4. The van der Waals surface area contributed by atoms with Crippen molar-refractivity contribution in [2.75, 3.05) is 21.0 Å². The molecule has 2 aromatic carbocycles. The van der Waals surface area contributed by atoms with E-state index in [1.807, 2.05) is 30.3 Å². The van der Waals surface area contributed by atoms with Crippen molar-refractivity contribution < 1.29 is 19.0 Å². The summed E-state index contributed by atoms with van der Waals surface area (Å²) in [4.78, 5) is 13.3. The first-order valence-electron chi connectivity index (χ1n) is 6.96. The number of rotatable bonds is 7. The number of hydrogen-bond acceptors (Lipinski definition) is 5. The standard InChI is InChI=1S/C17H17BO4S/c1-20-11-22-15-9-8-14(18)13(16(15)17(19)21-2)10-23-12-6-4-3-5-7-12/h3-9H,10-11H2,1-2H3. The van der Waals surface area contributed by atoms with Gasteiger partial charge in [0.1, 0.15) is 19.2 Å². The van der Waals surface area contributed by atoms with E-state index in [1.165, 1.54) is 14.2 Å². The first-order valence-corrected chi connectivity index (χ1v) is 7.95. The first-order chi connectivity index (χ1) is 11.2. The summed E-state index contributed by atoms with van der Waals surface area (Å²) < 4.78 is 15.3. The van der Waals surface area contributed by atoms with Crippen LogP contribution in [0.4, 0.5) is 0 Å². The van der Waals surface area contributed by atoms with E-state index in [2.05, 4.69) is 0 Å². The van der Waals surface area contributed by atoms with Crippen LogP contribution in [0.25, 0.3) is 0 Å². The highest BCUT2D eigenvalue weighted by Gasteiger charge is 2.20. The van der Waals surface area contributed by atoms with Gasteiger partial charge in [-0.1, -0.05) is 29.7 Å². The van der Waals surface area contributed by atoms with Crippen molar-refractivity contribution in [3.05, 3.63) is 53.6 Å². The molecule has 0 spiro atoms. The summed E-state index contributed by atoms with van der Waals surface area (Å²) in [6, 6.07) is 13.3. The van der Waals surface area contributed by atoms with Gasteiger partial charge in [-0.05, 0) is 23.8 Å². The molecule has 0 amide bonds. The lowest BCUT2D eigenvalue weighted by Gasteiger charge is -2.16. The van der Waals surface area contributed by atoms with Crippen molar-refractivity contribution in [3.63, 3.8) is 0 Å². The molecule has 0 aromatic heterocycles. The van der Waals surface area contributed by atoms with Crippen molar-refractivity contribution in [3.8, 4) is 5.75 Å². The largest absolute Gasteiger partial charge is 0.467 e. The Balaban J connectivity index is 2.33. The molecule has 2 radical (unpaired) electrons. The van der Waals surface area contributed by atoms with Crippen molar-refractivity contribution in [2.45, 2.75) is 10.6 Å². The molecular formula is C17H17BO4S. The van der Waals surface area contributed by atoms with E-state index in [-0.39, 0.29) is 6.79 Å². The molecule has 0 atom stereocenters. The summed E-state index contributed by atoms with van der Waals surface area (Å²) >= 11 is 1.59. The lowest BCUT2D eigenvalue weighted by Crippen LogP contribution is -2.19. The van der Waals surface area contributed by atoms with Crippen LogP contribution >= 0.6 is 11.8 Å². The monoisotopic (exact) mass is 328 g/mol. The lowest BCUT2D eigenvalue weighted by molar-refractivity contribution is 0.0464. The summed E-state index contributed by atoms with van der Waals surface area (Å²) in [5, 5.41) is 0. The zero-order valence-electron chi connectivity index (χ0n) is 13.1. The maximum atomic E-state index is 12.2. The van der Waals surface area contributed by atoms with Crippen molar-refractivity contribution in [1.29, 1.82) is 0 Å². The highest BCUT2D eigenvalue weighted by Crippen LogP contribution is 2.28. The zero-order chi connectivity index (χ0) is 16.7. The van der Waals surface area contributed by atoms with Crippen molar-refractivity contribution in [1.82, 2.24) is 0 Å². The highest BCUT2D eigenvalue weighted by atomic mass is 32.2. The summed E-state index contributed by atoms with van der Waals surface area (Å²) in [7, 11) is 8.92. The van der Waals surface area contributed by atoms with Crippen LogP contribution < -0.4 is 10.2 Å². The van der Waals surface area contributed by atoms with Gasteiger partial charge in [-0.15, -0.1) is 11.8 Å². The van der Waals surface area contributed by atoms with Gasteiger partial charge in [0.15, 0.2) is 6.79 Å². The van der Waals surface area contributed by atoms with Crippen molar-refractivity contribution in [2.24, 2.45) is 0 Å². The second-order valence-electron chi connectivity index (χ2n) is 4.65. The minimum Gasteiger partial charge on any atom is -0.467 e. The summed E-state index contributed by atoms with van der Waals surface area (Å²) in [5.41, 5.74) is 1.56. The Bertz CT molecular complexity index is 661. The van der Waals surface area contributed by atoms with E-state index in [0.29, 0.717) is 28.1 Å². The number of hydrogen-bond donors (Lipinski definition) is 0.